The van der Waals surface area contributed by atoms with Crippen LogP contribution in [-0.2, 0) is 4.79 Å². The third-order valence-corrected chi connectivity index (χ3v) is 7.27. The van der Waals surface area contributed by atoms with Crippen molar-refractivity contribution in [1.29, 1.82) is 0 Å². The largest absolute Gasteiger partial charge is 0.497 e. The Morgan fingerprint density at radius 3 is 2.38 bits per heavy atom. The van der Waals surface area contributed by atoms with Gasteiger partial charge in [-0.2, -0.15) is 10.2 Å². The molecule has 2 heterocycles. The van der Waals surface area contributed by atoms with Gasteiger partial charge in [-0.3, -0.25) is 9.36 Å². The van der Waals surface area contributed by atoms with Crippen molar-refractivity contribution in [2.75, 3.05) is 12.9 Å². The molecule has 9 nitrogen and oxygen atoms in total. The van der Waals surface area contributed by atoms with Crippen LogP contribution in [0.5, 0.6) is 5.75 Å². The summed E-state index contributed by atoms with van der Waals surface area (Å²) in [5.74, 6) is 1.29. The molecule has 40 heavy (non-hydrogen) atoms. The summed E-state index contributed by atoms with van der Waals surface area (Å²) < 4.78 is 9.12. The van der Waals surface area contributed by atoms with Crippen LogP contribution in [0.15, 0.2) is 89.1 Å². The van der Waals surface area contributed by atoms with E-state index in [4.69, 9.17) is 4.74 Å². The second kappa shape index (κ2) is 12.0. The van der Waals surface area contributed by atoms with Crippen LogP contribution in [0, 0.1) is 20.8 Å². The average molecular weight is 552 g/mol. The van der Waals surface area contributed by atoms with Gasteiger partial charge in [-0.1, -0.05) is 59.8 Å². The fourth-order valence-electron chi connectivity index (χ4n) is 4.21. The summed E-state index contributed by atoms with van der Waals surface area (Å²) in [6.45, 7) is 5.94. The van der Waals surface area contributed by atoms with Gasteiger partial charge in [-0.25, -0.2) is 10.1 Å². The van der Waals surface area contributed by atoms with Crippen LogP contribution in [0.1, 0.15) is 22.5 Å². The smallest absolute Gasteiger partial charge is 0.250 e. The molecule has 0 atom stereocenters. The van der Waals surface area contributed by atoms with E-state index in [-0.39, 0.29) is 11.7 Å². The number of carbonyl (C=O) groups is 1. The van der Waals surface area contributed by atoms with E-state index in [2.05, 4.69) is 25.8 Å². The maximum atomic E-state index is 12.7. The van der Waals surface area contributed by atoms with Gasteiger partial charge in [-0.05, 0) is 57.2 Å². The summed E-state index contributed by atoms with van der Waals surface area (Å²) in [6, 6.07) is 25.6. The Labute approximate surface area is 236 Å². The van der Waals surface area contributed by atoms with Crippen molar-refractivity contribution in [2.45, 2.75) is 25.9 Å². The van der Waals surface area contributed by atoms with Crippen molar-refractivity contribution < 1.29 is 9.53 Å². The molecule has 5 rings (SSSR count). The fourth-order valence-corrected chi connectivity index (χ4v) is 4.95. The third kappa shape index (κ3) is 5.81. The van der Waals surface area contributed by atoms with Crippen LogP contribution in [0.3, 0.4) is 0 Å². The molecule has 1 N–H and O–H groups in total. The molecule has 0 saturated heterocycles. The fraction of sp³-hybridized carbons (Fsp3) is 0.167. The molecular formula is C30H29N7O2S. The van der Waals surface area contributed by atoms with Crippen LogP contribution >= 0.6 is 11.8 Å². The molecule has 0 aliphatic rings. The molecule has 5 aromatic rings. The quantitative estimate of drug-likeness (QED) is 0.152. The number of aryl methyl sites for hydroxylation is 2. The second-order valence-corrected chi connectivity index (χ2v) is 10.1. The predicted octanol–water partition coefficient (Wildman–Crippen LogP) is 5.30. The van der Waals surface area contributed by atoms with Crippen LogP contribution in [0.2, 0.25) is 0 Å². The maximum absolute atomic E-state index is 12.7. The number of rotatable bonds is 9. The molecule has 1 amide bonds. The van der Waals surface area contributed by atoms with Crippen molar-refractivity contribution in [3.63, 3.8) is 0 Å². The van der Waals surface area contributed by atoms with Gasteiger partial charge >= 0.3 is 0 Å². The lowest BCUT2D eigenvalue weighted by molar-refractivity contribution is -0.118. The van der Waals surface area contributed by atoms with E-state index in [1.165, 1.54) is 11.8 Å². The minimum absolute atomic E-state index is 0.112. The van der Waals surface area contributed by atoms with E-state index < -0.39 is 0 Å². The van der Waals surface area contributed by atoms with Crippen molar-refractivity contribution >= 4 is 23.9 Å². The van der Waals surface area contributed by atoms with Gasteiger partial charge < -0.3 is 4.74 Å². The number of hydrogen-bond donors (Lipinski definition) is 1. The summed E-state index contributed by atoms with van der Waals surface area (Å²) in [5.41, 5.74) is 9.16. The Balaban J connectivity index is 1.31. The van der Waals surface area contributed by atoms with Gasteiger partial charge in [-0.15, -0.1) is 10.2 Å². The number of nitrogens with zero attached hydrogens (tertiary/aromatic N) is 6. The molecule has 0 unspecified atom stereocenters. The highest BCUT2D eigenvalue weighted by Crippen LogP contribution is 2.29. The summed E-state index contributed by atoms with van der Waals surface area (Å²) in [4.78, 5) is 12.7. The minimum atomic E-state index is -0.256. The molecule has 2 aromatic heterocycles. The summed E-state index contributed by atoms with van der Waals surface area (Å²) in [5, 5.41) is 18.3. The first-order valence-corrected chi connectivity index (χ1v) is 13.7. The topological polar surface area (TPSA) is 99.2 Å². The Morgan fingerprint density at radius 1 is 0.950 bits per heavy atom. The summed E-state index contributed by atoms with van der Waals surface area (Å²) in [7, 11) is 1.63. The minimum Gasteiger partial charge on any atom is -0.497 e. The second-order valence-electron chi connectivity index (χ2n) is 9.12. The lowest BCUT2D eigenvalue weighted by Gasteiger charge is -2.11. The number of methoxy groups -OCH3 is 1. The van der Waals surface area contributed by atoms with Crippen LogP contribution in [0.25, 0.3) is 22.8 Å². The Hall–Kier alpha value is -4.70. The molecular weight excluding hydrogens is 522 g/mol. The van der Waals surface area contributed by atoms with E-state index in [0.29, 0.717) is 11.0 Å². The van der Waals surface area contributed by atoms with Crippen molar-refractivity contribution in [1.82, 2.24) is 30.0 Å². The number of hydrazone groups is 1. The highest BCUT2D eigenvalue weighted by molar-refractivity contribution is 7.99. The number of nitrogens with one attached hydrogen (secondary N) is 1. The number of carbonyl (C=O) groups excluding carboxylic acids is 1. The zero-order chi connectivity index (χ0) is 28.1. The standard InChI is InChI=1S/C30H29N7O2S/c1-20-10-12-23(13-11-20)29-33-34-30(36(29)24-14-16-26(39-4)17-15-24)40-19-28(38)32-31-18-27-21(2)35-37(22(27)3)25-8-6-5-7-9-25/h5-18H,19H2,1-4H3,(H,32,38). The Bertz CT molecular complexity index is 1640. The SMILES string of the molecule is COc1ccc(-n2c(SCC(=O)NN=Cc3c(C)nn(-c4ccccc4)c3C)nnc2-c2ccc(C)cc2)cc1. The molecule has 0 bridgehead atoms. The van der Waals surface area contributed by atoms with Crippen LogP contribution in [0.4, 0.5) is 0 Å². The average Bonchev–Trinajstić information content (AvgIpc) is 3.53. The molecule has 0 radical (unpaired) electrons. The molecule has 0 saturated carbocycles. The van der Waals surface area contributed by atoms with Gasteiger partial charge in [0.2, 0.25) is 0 Å². The maximum Gasteiger partial charge on any atom is 0.250 e. The van der Waals surface area contributed by atoms with E-state index in [1.54, 1.807) is 13.3 Å². The van der Waals surface area contributed by atoms with Crippen molar-refractivity contribution in [3.8, 4) is 28.5 Å². The van der Waals surface area contributed by atoms with Crippen molar-refractivity contribution in [2.24, 2.45) is 5.10 Å². The van der Waals surface area contributed by atoms with Gasteiger partial charge in [0.25, 0.3) is 5.91 Å². The lowest BCUT2D eigenvalue weighted by atomic mass is 10.1. The summed E-state index contributed by atoms with van der Waals surface area (Å²) in [6.07, 6.45) is 1.63. The first-order valence-electron chi connectivity index (χ1n) is 12.7. The summed E-state index contributed by atoms with van der Waals surface area (Å²) >= 11 is 1.29. The number of hydrogen-bond acceptors (Lipinski definition) is 7. The zero-order valence-electron chi connectivity index (χ0n) is 22.7. The van der Waals surface area contributed by atoms with E-state index in [0.717, 1.165) is 45.2 Å². The highest BCUT2D eigenvalue weighted by atomic mass is 32.2. The van der Waals surface area contributed by atoms with Gasteiger partial charge in [0.15, 0.2) is 11.0 Å². The molecule has 10 heteroatoms. The molecule has 0 aliphatic carbocycles. The predicted molar refractivity (Wildman–Crippen MR) is 158 cm³/mol. The zero-order valence-corrected chi connectivity index (χ0v) is 23.5. The number of benzene rings is 3. The first-order chi connectivity index (χ1) is 19.4. The van der Waals surface area contributed by atoms with Crippen LogP contribution in [-0.4, -0.2) is 49.5 Å². The molecule has 202 valence electrons. The molecule has 3 aromatic carbocycles. The normalized spacial score (nSPS) is 11.2. The number of aromatic nitrogens is 5. The number of thioether (sulfide) groups is 1. The van der Waals surface area contributed by atoms with Crippen LogP contribution < -0.4 is 10.2 Å². The van der Waals surface area contributed by atoms with Gasteiger partial charge in [0, 0.05) is 16.8 Å². The van der Waals surface area contributed by atoms with E-state index >= 15 is 0 Å². The number of ether oxygens (including phenoxy) is 1. The molecule has 0 fully saturated rings. The number of amides is 1. The van der Waals surface area contributed by atoms with Gasteiger partial charge in [0.1, 0.15) is 5.75 Å². The van der Waals surface area contributed by atoms with E-state index in [9.17, 15) is 4.79 Å². The lowest BCUT2D eigenvalue weighted by Crippen LogP contribution is -2.20. The van der Waals surface area contributed by atoms with Crippen molar-refractivity contribution in [3.05, 3.63) is 101 Å². The first kappa shape index (κ1) is 26.9. The highest BCUT2D eigenvalue weighted by Gasteiger charge is 2.18. The molecule has 0 aliphatic heterocycles. The monoisotopic (exact) mass is 551 g/mol. The van der Waals surface area contributed by atoms with Gasteiger partial charge in [0.05, 0.1) is 36.2 Å². The van der Waals surface area contributed by atoms with E-state index in [1.807, 2.05) is 109 Å². The Kier molecular flexibility index (Phi) is 8.07. The molecule has 0 spiro atoms. The Morgan fingerprint density at radius 2 is 1.68 bits per heavy atom. The third-order valence-electron chi connectivity index (χ3n) is 6.34. The number of para-hydroxylation sites is 1.